The molecule has 0 radical (unpaired) electrons. The molecule has 0 saturated heterocycles. The fraction of sp³-hybridized carbons (Fsp3) is 0.556. The molecule has 2 saturated carbocycles. The van der Waals surface area contributed by atoms with Crippen molar-refractivity contribution in [3.05, 3.63) is 35.0 Å². The second-order valence-corrected chi connectivity index (χ2v) is 10.8. The van der Waals surface area contributed by atoms with Gasteiger partial charge in [0.05, 0.1) is 22.7 Å². The summed E-state index contributed by atoms with van der Waals surface area (Å²) in [6.07, 6.45) is 11.9. The third-order valence-electron chi connectivity index (χ3n) is 7.78. The van der Waals surface area contributed by atoms with Gasteiger partial charge in [-0.25, -0.2) is 4.98 Å². The number of nitrogens with zero attached hydrogens (tertiary/aromatic N) is 4. The Labute approximate surface area is 217 Å². The van der Waals surface area contributed by atoms with E-state index >= 15 is 0 Å². The highest BCUT2D eigenvalue weighted by Gasteiger charge is 2.35. The fourth-order valence-electron chi connectivity index (χ4n) is 5.74. The van der Waals surface area contributed by atoms with Crippen molar-refractivity contribution in [2.45, 2.75) is 76.8 Å². The molecule has 8 nitrogen and oxygen atoms in total. The molecule has 2 fully saturated rings. The van der Waals surface area contributed by atoms with Crippen LogP contribution in [-0.2, 0) is 4.79 Å². The SMILES string of the molecule is CC1CN(C2CCCC2)c2nc(Nc3ccc(C(=O)NC4CCCCC4)c(Cl)c3)ncc2N(C)C1=O. The summed E-state index contributed by atoms with van der Waals surface area (Å²) < 4.78 is 0. The first-order valence-corrected chi connectivity index (χ1v) is 13.6. The van der Waals surface area contributed by atoms with Crippen molar-refractivity contribution in [3.8, 4) is 0 Å². The summed E-state index contributed by atoms with van der Waals surface area (Å²) in [5, 5.41) is 6.75. The predicted octanol–water partition coefficient (Wildman–Crippen LogP) is 5.30. The normalized spacial score (nSPS) is 21.3. The number of halogens is 1. The van der Waals surface area contributed by atoms with Crippen LogP contribution in [0.4, 0.5) is 23.1 Å². The van der Waals surface area contributed by atoms with Crippen molar-refractivity contribution < 1.29 is 9.59 Å². The molecular weight excluding hydrogens is 476 g/mol. The second-order valence-electron chi connectivity index (χ2n) is 10.4. The van der Waals surface area contributed by atoms with E-state index < -0.39 is 0 Å². The summed E-state index contributed by atoms with van der Waals surface area (Å²) in [5.41, 5.74) is 1.90. The maximum atomic E-state index is 12.9. The van der Waals surface area contributed by atoms with Crippen LogP contribution in [0.5, 0.6) is 0 Å². The molecule has 3 aliphatic rings. The van der Waals surface area contributed by atoms with Gasteiger partial charge in [0.2, 0.25) is 11.9 Å². The maximum Gasteiger partial charge on any atom is 0.253 e. The number of hydrogen-bond donors (Lipinski definition) is 2. The molecule has 0 spiro atoms. The first-order chi connectivity index (χ1) is 17.4. The predicted molar refractivity (Wildman–Crippen MR) is 143 cm³/mol. The minimum Gasteiger partial charge on any atom is -0.351 e. The summed E-state index contributed by atoms with van der Waals surface area (Å²) in [7, 11) is 1.79. The Bertz CT molecular complexity index is 1130. The molecule has 1 aromatic carbocycles. The van der Waals surface area contributed by atoms with Crippen molar-refractivity contribution in [3.63, 3.8) is 0 Å². The van der Waals surface area contributed by atoms with E-state index in [1.54, 1.807) is 30.3 Å². The number of anilines is 4. The molecule has 2 N–H and O–H groups in total. The lowest BCUT2D eigenvalue weighted by molar-refractivity contribution is -0.121. The topological polar surface area (TPSA) is 90.5 Å². The Morgan fingerprint density at radius 3 is 2.53 bits per heavy atom. The average Bonchev–Trinajstić information content (AvgIpc) is 3.39. The minimum atomic E-state index is -0.131. The Kier molecular flexibility index (Phi) is 7.32. The number of nitrogens with one attached hydrogen (secondary N) is 2. The Morgan fingerprint density at radius 1 is 1.08 bits per heavy atom. The van der Waals surface area contributed by atoms with Crippen LogP contribution in [0.15, 0.2) is 24.4 Å². The van der Waals surface area contributed by atoms with Crippen LogP contribution in [0.3, 0.4) is 0 Å². The fourth-order valence-corrected chi connectivity index (χ4v) is 6.00. The van der Waals surface area contributed by atoms with Crippen LogP contribution >= 0.6 is 11.6 Å². The average molecular weight is 511 g/mol. The van der Waals surface area contributed by atoms with Crippen LogP contribution in [-0.4, -0.2) is 47.5 Å². The van der Waals surface area contributed by atoms with E-state index in [4.69, 9.17) is 16.6 Å². The third-order valence-corrected chi connectivity index (χ3v) is 8.09. The molecule has 1 atom stereocenters. The van der Waals surface area contributed by atoms with Gasteiger partial charge in [-0.05, 0) is 43.9 Å². The molecule has 36 heavy (non-hydrogen) atoms. The Hall–Kier alpha value is -2.87. The second kappa shape index (κ2) is 10.6. The minimum absolute atomic E-state index is 0.0786. The van der Waals surface area contributed by atoms with Crippen molar-refractivity contribution in [1.82, 2.24) is 15.3 Å². The zero-order chi connectivity index (χ0) is 25.2. The number of amides is 2. The molecule has 2 heterocycles. The van der Waals surface area contributed by atoms with Gasteiger partial charge in [0.1, 0.15) is 5.69 Å². The first-order valence-electron chi connectivity index (χ1n) is 13.2. The highest BCUT2D eigenvalue weighted by atomic mass is 35.5. The van der Waals surface area contributed by atoms with E-state index in [0.29, 0.717) is 34.8 Å². The molecule has 9 heteroatoms. The molecule has 1 aromatic heterocycles. The van der Waals surface area contributed by atoms with Gasteiger partial charge in [-0.2, -0.15) is 4.98 Å². The summed E-state index contributed by atoms with van der Waals surface area (Å²) >= 11 is 6.51. The molecular formula is C27H35ClN6O2. The molecule has 0 bridgehead atoms. The summed E-state index contributed by atoms with van der Waals surface area (Å²) in [4.78, 5) is 39.0. The highest BCUT2D eigenvalue weighted by molar-refractivity contribution is 6.34. The number of fused-ring (bicyclic) bond motifs is 1. The van der Waals surface area contributed by atoms with E-state index in [2.05, 4.69) is 20.5 Å². The van der Waals surface area contributed by atoms with Gasteiger partial charge in [0, 0.05) is 31.4 Å². The standard InChI is InChI=1S/C27H35ClN6O2/c1-17-16-34(20-10-6-7-11-20)24-23(33(2)26(17)36)15-29-27(32-24)31-19-12-13-21(22(28)14-19)25(35)30-18-8-4-3-5-9-18/h12-15,17-18,20H,3-11,16H2,1-2H3,(H,30,35)(H,29,31,32). The van der Waals surface area contributed by atoms with E-state index in [1.165, 1.54) is 19.3 Å². The van der Waals surface area contributed by atoms with E-state index in [9.17, 15) is 9.59 Å². The first kappa shape index (κ1) is 24.8. The molecule has 1 unspecified atom stereocenters. The van der Waals surface area contributed by atoms with E-state index in [0.717, 1.165) is 50.0 Å². The number of rotatable bonds is 5. The Balaban J connectivity index is 1.36. The van der Waals surface area contributed by atoms with Crippen LogP contribution in [0.1, 0.15) is 75.1 Å². The smallest absolute Gasteiger partial charge is 0.253 e. The molecule has 2 aromatic rings. The van der Waals surface area contributed by atoms with Crippen LogP contribution in [0.2, 0.25) is 5.02 Å². The van der Waals surface area contributed by atoms with Crippen molar-refractivity contribution in [1.29, 1.82) is 0 Å². The van der Waals surface area contributed by atoms with Gasteiger partial charge < -0.3 is 20.4 Å². The lowest BCUT2D eigenvalue weighted by Gasteiger charge is -2.31. The number of aromatic nitrogens is 2. The number of hydrogen-bond acceptors (Lipinski definition) is 6. The zero-order valence-corrected chi connectivity index (χ0v) is 21.9. The maximum absolute atomic E-state index is 12.9. The highest BCUT2D eigenvalue weighted by Crippen LogP contribution is 2.37. The molecule has 192 valence electrons. The van der Waals surface area contributed by atoms with Crippen molar-refractivity contribution >= 4 is 46.6 Å². The van der Waals surface area contributed by atoms with Gasteiger partial charge in [-0.15, -0.1) is 0 Å². The summed E-state index contributed by atoms with van der Waals surface area (Å²) in [6.45, 7) is 2.63. The van der Waals surface area contributed by atoms with Crippen molar-refractivity contribution in [2.24, 2.45) is 5.92 Å². The van der Waals surface area contributed by atoms with Crippen molar-refractivity contribution in [2.75, 3.05) is 28.7 Å². The van der Waals surface area contributed by atoms with Gasteiger partial charge in [-0.3, -0.25) is 9.59 Å². The quantitative estimate of drug-likeness (QED) is 0.567. The third kappa shape index (κ3) is 5.14. The molecule has 2 amide bonds. The number of benzene rings is 1. The molecule has 2 aliphatic carbocycles. The summed E-state index contributed by atoms with van der Waals surface area (Å²) in [5.74, 6) is 1.05. The van der Waals surface area contributed by atoms with E-state index in [1.807, 2.05) is 13.0 Å². The monoisotopic (exact) mass is 510 g/mol. The molecule has 1 aliphatic heterocycles. The van der Waals surface area contributed by atoms with Gasteiger partial charge in [0.15, 0.2) is 5.82 Å². The van der Waals surface area contributed by atoms with Gasteiger partial charge in [-0.1, -0.05) is 50.6 Å². The molecule has 5 rings (SSSR count). The Morgan fingerprint density at radius 2 is 1.81 bits per heavy atom. The zero-order valence-electron chi connectivity index (χ0n) is 21.1. The van der Waals surface area contributed by atoms with Crippen LogP contribution in [0.25, 0.3) is 0 Å². The lowest BCUT2D eigenvalue weighted by atomic mass is 9.95. The largest absolute Gasteiger partial charge is 0.351 e. The van der Waals surface area contributed by atoms with Crippen LogP contribution in [0, 0.1) is 5.92 Å². The van der Waals surface area contributed by atoms with E-state index in [-0.39, 0.29) is 23.8 Å². The van der Waals surface area contributed by atoms with Gasteiger partial charge >= 0.3 is 0 Å². The summed E-state index contributed by atoms with van der Waals surface area (Å²) in [6, 6.07) is 5.90. The van der Waals surface area contributed by atoms with Gasteiger partial charge in [0.25, 0.3) is 5.91 Å². The number of carbonyl (C=O) groups is 2. The number of carbonyl (C=O) groups excluding carboxylic acids is 2. The van der Waals surface area contributed by atoms with Crippen LogP contribution < -0.4 is 20.4 Å². The lowest BCUT2D eigenvalue weighted by Crippen LogP contribution is -2.38.